The second kappa shape index (κ2) is 9.18. The average Bonchev–Trinajstić information content (AvgIpc) is 2.41. The molecule has 2 N–H and O–H groups in total. The Balaban J connectivity index is 0.00000361. The van der Waals surface area contributed by atoms with E-state index in [0.717, 1.165) is 12.5 Å². The highest BCUT2D eigenvalue weighted by Crippen LogP contribution is 2.06. The van der Waals surface area contributed by atoms with Crippen molar-refractivity contribution in [1.82, 2.24) is 10.6 Å². The first kappa shape index (κ1) is 19.2. The second-order valence-corrected chi connectivity index (χ2v) is 5.17. The Hall–Kier alpha value is -0.820. The number of ether oxygens (including phenoxy) is 1. The van der Waals surface area contributed by atoms with Crippen LogP contribution in [0.2, 0.25) is 0 Å². The third-order valence-electron chi connectivity index (χ3n) is 3.17. The van der Waals surface area contributed by atoms with Crippen molar-refractivity contribution in [2.75, 3.05) is 20.7 Å². The zero-order chi connectivity index (χ0) is 14.3. The van der Waals surface area contributed by atoms with Crippen LogP contribution in [0.4, 0.5) is 0 Å². The molecule has 0 atom stereocenters. The molecule has 1 aromatic carbocycles. The third kappa shape index (κ3) is 6.56. The predicted octanol–water partition coefficient (Wildman–Crippen LogP) is 2.70. The minimum atomic E-state index is -0.208. The van der Waals surface area contributed by atoms with Gasteiger partial charge >= 0.3 is 0 Å². The maximum atomic E-state index is 5.37. The number of aryl methyl sites for hydroxylation is 1. The lowest BCUT2D eigenvalue weighted by atomic mass is 10.1. The van der Waals surface area contributed by atoms with E-state index in [2.05, 4.69) is 34.7 Å². The molecule has 0 fully saturated rings. The van der Waals surface area contributed by atoms with E-state index in [0.29, 0.717) is 6.54 Å². The van der Waals surface area contributed by atoms with Gasteiger partial charge in [0.1, 0.15) is 0 Å². The average molecular weight is 391 g/mol. The summed E-state index contributed by atoms with van der Waals surface area (Å²) in [4.78, 5) is 4.21. The summed E-state index contributed by atoms with van der Waals surface area (Å²) in [6.45, 7) is 7.65. The summed E-state index contributed by atoms with van der Waals surface area (Å²) in [6, 6.07) is 8.33. The number of nitrogens with zero attached hydrogens (tertiary/aromatic N) is 1. The highest BCUT2D eigenvalue weighted by molar-refractivity contribution is 14.0. The monoisotopic (exact) mass is 391 g/mol. The van der Waals surface area contributed by atoms with Crippen molar-refractivity contribution < 1.29 is 4.74 Å². The number of halogens is 1. The summed E-state index contributed by atoms with van der Waals surface area (Å²) < 4.78 is 5.37. The van der Waals surface area contributed by atoms with Crippen molar-refractivity contribution in [1.29, 1.82) is 0 Å². The molecule has 0 amide bonds. The molecule has 20 heavy (non-hydrogen) atoms. The van der Waals surface area contributed by atoms with Gasteiger partial charge in [-0.05, 0) is 31.9 Å². The van der Waals surface area contributed by atoms with Gasteiger partial charge in [-0.1, -0.05) is 24.3 Å². The maximum Gasteiger partial charge on any atom is 0.191 e. The normalized spacial score (nSPS) is 11.8. The van der Waals surface area contributed by atoms with Gasteiger partial charge in [-0.2, -0.15) is 0 Å². The highest BCUT2D eigenvalue weighted by Gasteiger charge is 2.16. The van der Waals surface area contributed by atoms with Crippen LogP contribution in [0, 0.1) is 6.92 Å². The molecular formula is C15H26IN3O. The van der Waals surface area contributed by atoms with Crippen molar-refractivity contribution in [2.24, 2.45) is 4.99 Å². The molecule has 0 spiro atoms. The molecule has 0 saturated carbocycles. The number of hydrogen-bond donors (Lipinski definition) is 2. The van der Waals surface area contributed by atoms with Crippen LogP contribution in [0.3, 0.4) is 0 Å². The van der Waals surface area contributed by atoms with Crippen molar-refractivity contribution in [3.63, 3.8) is 0 Å². The van der Waals surface area contributed by atoms with E-state index in [9.17, 15) is 0 Å². The number of hydrogen-bond acceptors (Lipinski definition) is 2. The molecule has 0 aliphatic carbocycles. The van der Waals surface area contributed by atoms with Gasteiger partial charge in [-0.3, -0.25) is 4.99 Å². The first-order chi connectivity index (χ1) is 8.98. The molecule has 0 aliphatic rings. The van der Waals surface area contributed by atoms with Crippen LogP contribution in [0.25, 0.3) is 0 Å². The molecule has 1 rings (SSSR count). The minimum Gasteiger partial charge on any atom is -0.377 e. The molecule has 0 aliphatic heterocycles. The summed E-state index contributed by atoms with van der Waals surface area (Å²) in [7, 11) is 3.48. The van der Waals surface area contributed by atoms with Gasteiger partial charge < -0.3 is 15.4 Å². The van der Waals surface area contributed by atoms with Gasteiger partial charge in [-0.15, -0.1) is 24.0 Å². The van der Waals surface area contributed by atoms with Crippen molar-refractivity contribution in [3.05, 3.63) is 35.4 Å². The van der Waals surface area contributed by atoms with Crippen LogP contribution >= 0.6 is 24.0 Å². The summed E-state index contributed by atoms with van der Waals surface area (Å²) in [6.07, 6.45) is 0. The van der Waals surface area contributed by atoms with Crippen molar-refractivity contribution in [3.8, 4) is 0 Å². The fraction of sp³-hybridized carbons (Fsp3) is 0.533. The fourth-order valence-electron chi connectivity index (χ4n) is 1.58. The van der Waals surface area contributed by atoms with Gasteiger partial charge in [-0.25, -0.2) is 0 Å². The van der Waals surface area contributed by atoms with E-state index in [1.54, 1.807) is 14.2 Å². The Bertz CT molecular complexity index is 433. The smallest absolute Gasteiger partial charge is 0.191 e. The van der Waals surface area contributed by atoms with E-state index in [1.807, 2.05) is 26.0 Å². The van der Waals surface area contributed by atoms with E-state index < -0.39 is 0 Å². The van der Waals surface area contributed by atoms with Gasteiger partial charge in [0.05, 0.1) is 5.60 Å². The minimum absolute atomic E-state index is 0. The summed E-state index contributed by atoms with van der Waals surface area (Å²) in [5.74, 6) is 0.786. The Morgan fingerprint density at radius 2 is 1.90 bits per heavy atom. The Kier molecular flexibility index (Phi) is 8.80. The molecule has 0 heterocycles. The first-order valence-electron chi connectivity index (χ1n) is 6.52. The standard InChI is InChI=1S/C15H25N3O.HI/c1-12-8-6-7-9-13(12)10-17-14(16-4)18-11-15(2,3)19-5;/h6-9H,10-11H2,1-5H3,(H2,16,17,18);1H. The molecular weight excluding hydrogens is 365 g/mol. The van der Waals surface area contributed by atoms with Crippen LogP contribution in [0.15, 0.2) is 29.3 Å². The zero-order valence-corrected chi connectivity index (χ0v) is 15.3. The lowest BCUT2D eigenvalue weighted by Gasteiger charge is -2.24. The van der Waals surface area contributed by atoms with Crippen LogP contribution in [0.5, 0.6) is 0 Å². The topological polar surface area (TPSA) is 45.7 Å². The van der Waals surface area contributed by atoms with E-state index >= 15 is 0 Å². The molecule has 0 radical (unpaired) electrons. The second-order valence-electron chi connectivity index (χ2n) is 5.17. The van der Waals surface area contributed by atoms with Crippen LogP contribution < -0.4 is 10.6 Å². The van der Waals surface area contributed by atoms with Crippen molar-refractivity contribution >= 4 is 29.9 Å². The maximum absolute atomic E-state index is 5.37. The fourth-order valence-corrected chi connectivity index (χ4v) is 1.58. The van der Waals surface area contributed by atoms with Crippen LogP contribution in [-0.4, -0.2) is 32.3 Å². The van der Waals surface area contributed by atoms with Gasteiger partial charge in [0, 0.05) is 27.2 Å². The number of guanidine groups is 1. The molecule has 0 aromatic heterocycles. The van der Waals surface area contributed by atoms with Gasteiger partial charge in [0.15, 0.2) is 5.96 Å². The van der Waals surface area contributed by atoms with E-state index in [1.165, 1.54) is 11.1 Å². The largest absolute Gasteiger partial charge is 0.377 e. The zero-order valence-electron chi connectivity index (χ0n) is 13.0. The van der Waals surface area contributed by atoms with E-state index in [4.69, 9.17) is 4.74 Å². The summed E-state index contributed by atoms with van der Waals surface area (Å²) >= 11 is 0. The molecule has 1 aromatic rings. The van der Waals surface area contributed by atoms with E-state index in [-0.39, 0.29) is 29.6 Å². The molecule has 0 unspecified atom stereocenters. The van der Waals surface area contributed by atoms with Crippen LogP contribution in [-0.2, 0) is 11.3 Å². The Labute approximate surface area is 139 Å². The summed E-state index contributed by atoms with van der Waals surface area (Å²) in [5, 5.41) is 6.57. The highest BCUT2D eigenvalue weighted by atomic mass is 127. The van der Waals surface area contributed by atoms with Gasteiger partial charge in [0.25, 0.3) is 0 Å². The molecule has 0 bridgehead atoms. The van der Waals surface area contributed by atoms with Crippen molar-refractivity contribution in [2.45, 2.75) is 32.9 Å². The lowest BCUT2D eigenvalue weighted by Crippen LogP contribution is -2.45. The number of rotatable bonds is 5. The quantitative estimate of drug-likeness (QED) is 0.461. The molecule has 114 valence electrons. The number of methoxy groups -OCH3 is 1. The lowest BCUT2D eigenvalue weighted by molar-refractivity contribution is 0.0268. The Morgan fingerprint density at radius 3 is 2.45 bits per heavy atom. The Morgan fingerprint density at radius 1 is 1.25 bits per heavy atom. The molecule has 5 heteroatoms. The molecule has 0 saturated heterocycles. The summed E-state index contributed by atoms with van der Waals surface area (Å²) in [5.41, 5.74) is 2.35. The predicted molar refractivity (Wildman–Crippen MR) is 95.9 cm³/mol. The molecule has 4 nitrogen and oxygen atoms in total. The number of aliphatic imine (C=N–C) groups is 1. The SMILES string of the molecule is CN=C(NCc1ccccc1C)NCC(C)(C)OC.I. The van der Waals surface area contributed by atoms with Crippen LogP contribution in [0.1, 0.15) is 25.0 Å². The number of nitrogens with one attached hydrogen (secondary N) is 2. The third-order valence-corrected chi connectivity index (χ3v) is 3.17. The first-order valence-corrected chi connectivity index (χ1v) is 6.52. The van der Waals surface area contributed by atoms with Gasteiger partial charge in [0.2, 0.25) is 0 Å². The number of benzene rings is 1.